The summed E-state index contributed by atoms with van der Waals surface area (Å²) in [4.78, 5) is 17.0. The van der Waals surface area contributed by atoms with Crippen molar-refractivity contribution in [1.82, 2.24) is 4.98 Å². The molecule has 4 heteroatoms. The molecule has 0 aliphatic rings. The summed E-state index contributed by atoms with van der Waals surface area (Å²) in [5.74, 6) is 0.638. The number of hydrogen-bond acceptors (Lipinski definition) is 3. The van der Waals surface area contributed by atoms with Crippen molar-refractivity contribution in [2.24, 2.45) is 0 Å². The van der Waals surface area contributed by atoms with Crippen molar-refractivity contribution in [3.8, 4) is 16.9 Å². The number of rotatable bonds is 5. The summed E-state index contributed by atoms with van der Waals surface area (Å²) < 4.78 is 5.19. The van der Waals surface area contributed by atoms with Gasteiger partial charge in [0.1, 0.15) is 5.75 Å². The Kier molecular flexibility index (Phi) is 5.32. The molecule has 1 N–H and O–H groups in total. The number of aryl methyl sites for hydroxylation is 2. The first-order valence-corrected chi connectivity index (χ1v) is 8.61. The maximum Gasteiger partial charge on any atom is 0.257 e. The van der Waals surface area contributed by atoms with Crippen LogP contribution in [0, 0.1) is 6.92 Å². The summed E-state index contributed by atoms with van der Waals surface area (Å²) in [5.41, 5.74) is 5.46. The van der Waals surface area contributed by atoms with Gasteiger partial charge in [-0.25, -0.2) is 0 Å². The molecule has 2 aromatic carbocycles. The summed E-state index contributed by atoms with van der Waals surface area (Å²) >= 11 is 0. The molecule has 3 aromatic rings. The lowest BCUT2D eigenvalue weighted by molar-refractivity contribution is 0.102. The molecule has 4 nitrogen and oxygen atoms in total. The van der Waals surface area contributed by atoms with Crippen LogP contribution in [0.2, 0.25) is 0 Å². The largest absolute Gasteiger partial charge is 0.497 e. The van der Waals surface area contributed by atoms with Crippen molar-refractivity contribution in [1.29, 1.82) is 0 Å². The molecule has 0 unspecified atom stereocenters. The van der Waals surface area contributed by atoms with Crippen LogP contribution in [0.15, 0.2) is 60.9 Å². The van der Waals surface area contributed by atoms with E-state index < -0.39 is 0 Å². The van der Waals surface area contributed by atoms with E-state index in [1.54, 1.807) is 19.5 Å². The molecular weight excluding hydrogens is 324 g/mol. The van der Waals surface area contributed by atoms with Gasteiger partial charge in [0, 0.05) is 23.6 Å². The third-order valence-corrected chi connectivity index (χ3v) is 4.40. The van der Waals surface area contributed by atoms with Crippen LogP contribution >= 0.6 is 0 Å². The van der Waals surface area contributed by atoms with Gasteiger partial charge >= 0.3 is 0 Å². The highest BCUT2D eigenvalue weighted by Gasteiger charge is 2.12. The Labute approximate surface area is 153 Å². The first-order valence-electron chi connectivity index (χ1n) is 8.61. The number of nitrogens with one attached hydrogen (secondary N) is 1. The number of carbonyl (C=O) groups is 1. The number of pyridine rings is 1. The molecule has 1 amide bonds. The Morgan fingerprint density at radius 1 is 1.08 bits per heavy atom. The van der Waals surface area contributed by atoms with Crippen LogP contribution in [0.3, 0.4) is 0 Å². The number of anilines is 1. The van der Waals surface area contributed by atoms with E-state index in [0.717, 1.165) is 40.1 Å². The molecule has 0 aliphatic carbocycles. The predicted molar refractivity (Wildman–Crippen MR) is 105 cm³/mol. The quantitative estimate of drug-likeness (QED) is 0.716. The first-order chi connectivity index (χ1) is 12.6. The number of nitrogens with zero attached hydrogens (tertiary/aromatic N) is 1. The van der Waals surface area contributed by atoms with Gasteiger partial charge in [-0.3, -0.25) is 9.78 Å². The number of amides is 1. The van der Waals surface area contributed by atoms with Gasteiger partial charge in [-0.05, 0) is 48.2 Å². The molecule has 0 bridgehead atoms. The molecule has 1 aromatic heterocycles. The van der Waals surface area contributed by atoms with Crippen molar-refractivity contribution in [2.75, 3.05) is 12.4 Å². The molecule has 0 atom stereocenters. The molecule has 3 rings (SSSR count). The number of aromatic nitrogens is 1. The summed E-state index contributed by atoms with van der Waals surface area (Å²) in [5, 5.41) is 3.04. The minimum Gasteiger partial charge on any atom is -0.497 e. The molecule has 0 aliphatic heterocycles. The average Bonchev–Trinajstić information content (AvgIpc) is 2.69. The monoisotopic (exact) mass is 346 g/mol. The van der Waals surface area contributed by atoms with Crippen molar-refractivity contribution in [3.63, 3.8) is 0 Å². The lowest BCUT2D eigenvalue weighted by atomic mass is 10.0. The average molecular weight is 346 g/mol. The van der Waals surface area contributed by atoms with Gasteiger partial charge in [-0.15, -0.1) is 0 Å². The van der Waals surface area contributed by atoms with Crippen LogP contribution < -0.4 is 10.1 Å². The van der Waals surface area contributed by atoms with Crippen LogP contribution in [-0.2, 0) is 6.42 Å². The molecular formula is C22H22N2O2. The summed E-state index contributed by atoms with van der Waals surface area (Å²) in [7, 11) is 1.64. The summed E-state index contributed by atoms with van der Waals surface area (Å²) in [6.45, 7) is 4.08. The van der Waals surface area contributed by atoms with E-state index in [0.29, 0.717) is 5.56 Å². The van der Waals surface area contributed by atoms with E-state index in [9.17, 15) is 4.79 Å². The number of hydrogen-bond donors (Lipinski definition) is 1. The third-order valence-electron chi connectivity index (χ3n) is 4.40. The van der Waals surface area contributed by atoms with Crippen LogP contribution in [0.4, 0.5) is 5.69 Å². The van der Waals surface area contributed by atoms with E-state index in [2.05, 4.69) is 17.2 Å². The van der Waals surface area contributed by atoms with Crippen molar-refractivity contribution < 1.29 is 9.53 Å². The SMILES string of the molecule is CCc1cccc(C)c1NC(=O)c1cncc(-c2ccc(OC)cc2)c1. The molecule has 0 radical (unpaired) electrons. The van der Waals surface area contributed by atoms with Gasteiger partial charge in [0.05, 0.1) is 12.7 Å². The molecule has 0 saturated heterocycles. The van der Waals surface area contributed by atoms with Gasteiger partial charge < -0.3 is 10.1 Å². The Hall–Kier alpha value is -3.14. The Morgan fingerprint density at radius 3 is 2.54 bits per heavy atom. The van der Waals surface area contributed by atoms with Gasteiger partial charge in [0.2, 0.25) is 0 Å². The van der Waals surface area contributed by atoms with E-state index in [1.165, 1.54) is 0 Å². The van der Waals surface area contributed by atoms with Gasteiger partial charge in [-0.1, -0.05) is 37.3 Å². The maximum atomic E-state index is 12.7. The third kappa shape index (κ3) is 3.75. The van der Waals surface area contributed by atoms with Crippen LogP contribution in [-0.4, -0.2) is 18.0 Å². The van der Waals surface area contributed by atoms with Gasteiger partial charge in [0.25, 0.3) is 5.91 Å². The standard InChI is InChI=1S/C22H22N2O2/c1-4-16-7-5-6-15(2)21(16)24-22(25)19-12-18(13-23-14-19)17-8-10-20(26-3)11-9-17/h5-14H,4H2,1-3H3,(H,24,25). The fourth-order valence-electron chi connectivity index (χ4n) is 2.89. The number of methoxy groups -OCH3 is 1. The number of carbonyl (C=O) groups excluding carboxylic acids is 1. The highest BCUT2D eigenvalue weighted by molar-refractivity contribution is 6.05. The molecule has 0 spiro atoms. The topological polar surface area (TPSA) is 51.2 Å². The van der Waals surface area contributed by atoms with E-state index in [4.69, 9.17) is 4.74 Å². The molecule has 1 heterocycles. The second-order valence-corrected chi connectivity index (χ2v) is 6.11. The van der Waals surface area contributed by atoms with E-state index in [-0.39, 0.29) is 5.91 Å². The highest BCUT2D eigenvalue weighted by atomic mass is 16.5. The predicted octanol–water partition coefficient (Wildman–Crippen LogP) is 4.88. The zero-order valence-electron chi connectivity index (χ0n) is 15.2. The van der Waals surface area contributed by atoms with E-state index in [1.807, 2.05) is 55.5 Å². The summed E-state index contributed by atoms with van der Waals surface area (Å²) in [6, 6.07) is 15.6. The van der Waals surface area contributed by atoms with Crippen molar-refractivity contribution >= 4 is 11.6 Å². The Bertz CT molecular complexity index is 918. The number of para-hydroxylation sites is 1. The maximum absolute atomic E-state index is 12.7. The van der Waals surface area contributed by atoms with Crippen LogP contribution in [0.25, 0.3) is 11.1 Å². The highest BCUT2D eigenvalue weighted by Crippen LogP contribution is 2.24. The van der Waals surface area contributed by atoms with Gasteiger partial charge in [0.15, 0.2) is 0 Å². The van der Waals surface area contributed by atoms with Crippen LogP contribution in [0.1, 0.15) is 28.4 Å². The molecule has 0 fully saturated rings. The second-order valence-electron chi connectivity index (χ2n) is 6.11. The van der Waals surface area contributed by atoms with Gasteiger partial charge in [-0.2, -0.15) is 0 Å². The normalized spacial score (nSPS) is 10.4. The summed E-state index contributed by atoms with van der Waals surface area (Å²) in [6.07, 6.45) is 4.21. The molecule has 132 valence electrons. The minimum absolute atomic E-state index is 0.156. The smallest absolute Gasteiger partial charge is 0.257 e. The Morgan fingerprint density at radius 2 is 1.85 bits per heavy atom. The zero-order chi connectivity index (χ0) is 18.5. The fourth-order valence-corrected chi connectivity index (χ4v) is 2.89. The second kappa shape index (κ2) is 7.83. The number of ether oxygens (including phenoxy) is 1. The van der Waals surface area contributed by atoms with Crippen LogP contribution in [0.5, 0.6) is 5.75 Å². The zero-order valence-corrected chi connectivity index (χ0v) is 15.2. The minimum atomic E-state index is -0.156. The molecule has 0 saturated carbocycles. The van der Waals surface area contributed by atoms with Crippen molar-refractivity contribution in [3.05, 3.63) is 77.6 Å². The lowest BCUT2D eigenvalue weighted by Gasteiger charge is -2.13. The fraction of sp³-hybridized carbons (Fsp3) is 0.182. The Balaban J connectivity index is 1.87. The number of benzene rings is 2. The first kappa shape index (κ1) is 17.7. The van der Waals surface area contributed by atoms with Crippen molar-refractivity contribution in [2.45, 2.75) is 20.3 Å². The lowest BCUT2D eigenvalue weighted by Crippen LogP contribution is -2.14. The molecule has 26 heavy (non-hydrogen) atoms. The van der Waals surface area contributed by atoms with E-state index >= 15 is 0 Å².